The lowest BCUT2D eigenvalue weighted by Crippen LogP contribution is -2.50. The lowest BCUT2D eigenvalue weighted by atomic mass is 10.2. The topological polar surface area (TPSA) is 40.5 Å². The fourth-order valence-electron chi connectivity index (χ4n) is 1.87. The second-order valence-electron chi connectivity index (χ2n) is 3.76. The molecule has 3 nitrogen and oxygen atoms in total. The Kier molecular flexibility index (Phi) is 3.00. The summed E-state index contributed by atoms with van der Waals surface area (Å²) in [7, 11) is 1.71. The Labute approximate surface area is 92.6 Å². The third-order valence-electron chi connectivity index (χ3n) is 2.87. The van der Waals surface area contributed by atoms with Crippen LogP contribution in [0.1, 0.15) is 19.3 Å². The number of amides is 1. The Bertz CT molecular complexity index is 243. The van der Waals surface area contributed by atoms with Gasteiger partial charge in [0.2, 0.25) is 5.91 Å². The van der Waals surface area contributed by atoms with Gasteiger partial charge in [0.25, 0.3) is 0 Å². The van der Waals surface area contributed by atoms with Gasteiger partial charge in [-0.25, -0.2) is 0 Å². The third kappa shape index (κ3) is 1.66. The molecule has 0 spiro atoms. The van der Waals surface area contributed by atoms with Crippen molar-refractivity contribution in [3.8, 4) is 0 Å². The summed E-state index contributed by atoms with van der Waals surface area (Å²) in [4.78, 5) is 12.9. The summed E-state index contributed by atoms with van der Waals surface area (Å²) in [5.74, 6) is 2.27. The summed E-state index contributed by atoms with van der Waals surface area (Å²) in [5, 5.41) is 10.4. The standard InChI is InChI=1S/C9H15NO2S2/c1-10-7(11)3-4-9(10,12)8-13-5-2-6-14-8/h8,12H,2-6H2,1H3/t9-/m1/s1. The second-order valence-corrected chi connectivity index (χ2v) is 6.48. The van der Waals surface area contributed by atoms with Crippen molar-refractivity contribution in [2.24, 2.45) is 0 Å². The van der Waals surface area contributed by atoms with Crippen LogP contribution >= 0.6 is 23.5 Å². The molecule has 5 heteroatoms. The van der Waals surface area contributed by atoms with Gasteiger partial charge in [-0.2, -0.15) is 0 Å². The number of thioether (sulfide) groups is 2. The fraction of sp³-hybridized carbons (Fsp3) is 0.889. The molecule has 0 aromatic heterocycles. The molecular formula is C9H15NO2S2. The summed E-state index contributed by atoms with van der Waals surface area (Å²) in [6, 6.07) is 0. The molecule has 2 rings (SSSR count). The summed E-state index contributed by atoms with van der Waals surface area (Å²) in [6.45, 7) is 0. The molecule has 2 saturated heterocycles. The Balaban J connectivity index is 2.10. The maximum atomic E-state index is 11.4. The van der Waals surface area contributed by atoms with Gasteiger partial charge in [0, 0.05) is 19.9 Å². The molecule has 2 aliphatic rings. The SMILES string of the molecule is CN1C(=O)CC[C@@]1(O)C1SCCCS1. The highest BCUT2D eigenvalue weighted by Gasteiger charge is 2.48. The van der Waals surface area contributed by atoms with Crippen molar-refractivity contribution in [1.29, 1.82) is 0 Å². The van der Waals surface area contributed by atoms with Gasteiger partial charge >= 0.3 is 0 Å². The van der Waals surface area contributed by atoms with Crippen LogP contribution in [0.4, 0.5) is 0 Å². The number of hydrogen-bond acceptors (Lipinski definition) is 4. The first-order valence-corrected chi connectivity index (χ1v) is 6.96. The van der Waals surface area contributed by atoms with Crippen molar-refractivity contribution in [1.82, 2.24) is 4.90 Å². The number of nitrogens with zero attached hydrogens (tertiary/aromatic N) is 1. The molecule has 0 saturated carbocycles. The van der Waals surface area contributed by atoms with Gasteiger partial charge < -0.3 is 10.0 Å². The molecule has 0 aromatic rings. The molecule has 2 heterocycles. The number of carbonyl (C=O) groups excluding carboxylic acids is 1. The van der Waals surface area contributed by atoms with Crippen LogP contribution in [0.15, 0.2) is 0 Å². The van der Waals surface area contributed by atoms with Crippen molar-refractivity contribution >= 4 is 29.4 Å². The Morgan fingerprint density at radius 1 is 1.50 bits per heavy atom. The minimum absolute atomic E-state index is 0.0688. The molecule has 0 aromatic carbocycles. The van der Waals surface area contributed by atoms with Gasteiger partial charge in [-0.15, -0.1) is 23.5 Å². The summed E-state index contributed by atoms with van der Waals surface area (Å²) in [5.41, 5.74) is -0.896. The van der Waals surface area contributed by atoms with E-state index < -0.39 is 5.72 Å². The van der Waals surface area contributed by atoms with Gasteiger partial charge in [-0.05, 0) is 17.9 Å². The van der Waals surface area contributed by atoms with Gasteiger partial charge in [0.15, 0.2) is 5.72 Å². The number of hydrogen-bond donors (Lipinski definition) is 1. The molecule has 1 amide bonds. The zero-order valence-electron chi connectivity index (χ0n) is 8.23. The van der Waals surface area contributed by atoms with Crippen molar-refractivity contribution in [3.05, 3.63) is 0 Å². The molecule has 0 aliphatic carbocycles. The van der Waals surface area contributed by atoms with Gasteiger partial charge in [0.05, 0.1) is 4.58 Å². The normalized spacial score (nSPS) is 35.3. The molecule has 2 aliphatic heterocycles. The van der Waals surface area contributed by atoms with Crippen LogP contribution in [0.2, 0.25) is 0 Å². The van der Waals surface area contributed by atoms with E-state index >= 15 is 0 Å². The predicted octanol–water partition coefficient (Wildman–Crippen LogP) is 1.12. The Morgan fingerprint density at radius 3 is 2.64 bits per heavy atom. The minimum atomic E-state index is -0.896. The van der Waals surface area contributed by atoms with E-state index in [1.54, 1.807) is 30.6 Å². The smallest absolute Gasteiger partial charge is 0.224 e. The second kappa shape index (κ2) is 3.94. The van der Waals surface area contributed by atoms with Gasteiger partial charge in [-0.1, -0.05) is 0 Å². The molecule has 0 unspecified atom stereocenters. The lowest BCUT2D eigenvalue weighted by molar-refractivity contribution is -0.139. The van der Waals surface area contributed by atoms with E-state index in [1.807, 2.05) is 0 Å². The highest BCUT2D eigenvalue weighted by atomic mass is 32.2. The molecule has 0 radical (unpaired) electrons. The molecule has 80 valence electrons. The first kappa shape index (κ1) is 10.6. The predicted molar refractivity (Wildman–Crippen MR) is 60.3 cm³/mol. The number of carbonyl (C=O) groups is 1. The minimum Gasteiger partial charge on any atom is -0.369 e. The maximum Gasteiger partial charge on any atom is 0.224 e. The van der Waals surface area contributed by atoms with Crippen molar-refractivity contribution in [2.45, 2.75) is 29.6 Å². The van der Waals surface area contributed by atoms with Crippen LogP contribution in [0, 0.1) is 0 Å². The highest BCUT2D eigenvalue weighted by Crippen LogP contribution is 2.44. The summed E-state index contributed by atoms with van der Waals surface area (Å²) in [6.07, 6.45) is 2.29. The zero-order valence-corrected chi connectivity index (χ0v) is 9.87. The maximum absolute atomic E-state index is 11.4. The van der Waals surface area contributed by atoms with E-state index in [1.165, 1.54) is 11.3 Å². The molecule has 0 bridgehead atoms. The van der Waals surface area contributed by atoms with Crippen LogP contribution in [0.3, 0.4) is 0 Å². The van der Waals surface area contributed by atoms with E-state index in [0.717, 1.165) is 11.5 Å². The van der Waals surface area contributed by atoms with Crippen LogP contribution in [-0.2, 0) is 4.79 Å². The van der Waals surface area contributed by atoms with E-state index in [0.29, 0.717) is 12.8 Å². The van der Waals surface area contributed by atoms with Crippen molar-refractivity contribution in [3.63, 3.8) is 0 Å². The van der Waals surface area contributed by atoms with Crippen LogP contribution in [0.5, 0.6) is 0 Å². The zero-order chi connectivity index (χ0) is 10.2. The van der Waals surface area contributed by atoms with E-state index in [9.17, 15) is 9.90 Å². The number of rotatable bonds is 1. The third-order valence-corrected chi connectivity index (χ3v) is 6.09. The van der Waals surface area contributed by atoms with Gasteiger partial charge in [0.1, 0.15) is 0 Å². The molecule has 1 N–H and O–H groups in total. The summed E-state index contributed by atoms with van der Waals surface area (Å²) < 4.78 is 0.146. The molecule has 14 heavy (non-hydrogen) atoms. The Hall–Kier alpha value is 0.130. The van der Waals surface area contributed by atoms with E-state index in [2.05, 4.69) is 0 Å². The highest BCUT2D eigenvalue weighted by molar-refractivity contribution is 8.17. The Morgan fingerprint density at radius 2 is 2.14 bits per heavy atom. The van der Waals surface area contributed by atoms with Crippen LogP contribution in [0.25, 0.3) is 0 Å². The first-order valence-electron chi connectivity index (χ1n) is 4.87. The van der Waals surface area contributed by atoms with E-state index in [-0.39, 0.29) is 10.5 Å². The van der Waals surface area contributed by atoms with Crippen LogP contribution in [-0.4, -0.2) is 44.8 Å². The molecule has 2 fully saturated rings. The fourth-order valence-corrected chi connectivity index (χ4v) is 5.15. The van der Waals surface area contributed by atoms with Crippen LogP contribution < -0.4 is 0 Å². The average molecular weight is 233 g/mol. The average Bonchev–Trinajstić information content (AvgIpc) is 2.49. The van der Waals surface area contributed by atoms with Crippen molar-refractivity contribution < 1.29 is 9.90 Å². The van der Waals surface area contributed by atoms with Gasteiger partial charge in [-0.3, -0.25) is 4.79 Å². The summed E-state index contributed by atoms with van der Waals surface area (Å²) >= 11 is 3.57. The monoisotopic (exact) mass is 233 g/mol. The number of aliphatic hydroxyl groups is 1. The molecule has 1 atom stereocenters. The quantitative estimate of drug-likeness (QED) is 0.737. The molecular weight excluding hydrogens is 218 g/mol. The lowest BCUT2D eigenvalue weighted by Gasteiger charge is -2.38. The van der Waals surface area contributed by atoms with E-state index in [4.69, 9.17) is 0 Å². The first-order chi connectivity index (χ1) is 6.64. The largest absolute Gasteiger partial charge is 0.369 e. The van der Waals surface area contributed by atoms with Crippen molar-refractivity contribution in [2.75, 3.05) is 18.6 Å². The number of likely N-dealkylation sites (tertiary alicyclic amines) is 1.